The molecule has 7 nitrogen and oxygen atoms in total. The first kappa shape index (κ1) is 27.9. The zero-order chi connectivity index (χ0) is 27.6. The summed E-state index contributed by atoms with van der Waals surface area (Å²) in [6, 6.07) is 12.7. The first-order valence-electron chi connectivity index (χ1n) is 12.7. The van der Waals surface area contributed by atoms with Crippen molar-refractivity contribution in [1.29, 1.82) is 0 Å². The van der Waals surface area contributed by atoms with Gasteiger partial charge in [0.2, 0.25) is 11.8 Å². The summed E-state index contributed by atoms with van der Waals surface area (Å²) in [4.78, 5) is 28.1. The minimum Gasteiger partial charge on any atom is -0.383 e. The van der Waals surface area contributed by atoms with Crippen LogP contribution in [0, 0.1) is 19.7 Å². The molecule has 2 heterocycles. The van der Waals surface area contributed by atoms with Gasteiger partial charge in [0.05, 0.1) is 29.0 Å². The average molecular weight is 539 g/mol. The highest BCUT2D eigenvalue weighted by Gasteiger charge is 2.40. The molecule has 1 aliphatic heterocycles. The second kappa shape index (κ2) is 11.3. The quantitative estimate of drug-likeness (QED) is 0.435. The third-order valence-electron chi connectivity index (χ3n) is 6.50. The lowest BCUT2D eigenvalue weighted by molar-refractivity contribution is -0.123. The van der Waals surface area contributed by atoms with Crippen molar-refractivity contribution in [1.82, 2.24) is 15.1 Å². The summed E-state index contributed by atoms with van der Waals surface area (Å²) in [5.74, 6) is -0.278. The number of aromatic nitrogens is 2. The smallest absolute Gasteiger partial charge is 0.240 e. The third kappa shape index (κ3) is 5.63. The number of nitrogens with one attached hydrogen (secondary N) is 1. The topological polar surface area (TPSA) is 76.5 Å². The maximum Gasteiger partial charge on any atom is 0.240 e. The number of carbonyl (C=O) groups excluding carboxylic acids is 2. The summed E-state index contributed by atoms with van der Waals surface area (Å²) in [5.41, 5.74) is 4.47. The van der Waals surface area contributed by atoms with Crippen LogP contribution in [0.4, 0.5) is 10.2 Å². The Morgan fingerprint density at radius 1 is 1.21 bits per heavy atom. The highest BCUT2D eigenvalue weighted by atomic mass is 32.2. The van der Waals surface area contributed by atoms with E-state index < -0.39 is 10.7 Å². The molecular weight excluding hydrogens is 503 g/mol. The van der Waals surface area contributed by atoms with Crippen molar-refractivity contribution in [2.75, 3.05) is 37.5 Å². The summed E-state index contributed by atoms with van der Waals surface area (Å²) in [6.07, 6.45) is 0. The van der Waals surface area contributed by atoms with Crippen molar-refractivity contribution in [2.45, 2.75) is 45.3 Å². The number of hydrogen-bond donors (Lipinski definition) is 1. The lowest BCUT2D eigenvalue weighted by Gasteiger charge is -2.25. The molecule has 38 heavy (non-hydrogen) atoms. The van der Waals surface area contributed by atoms with Crippen molar-refractivity contribution in [3.8, 4) is 5.69 Å². The summed E-state index contributed by atoms with van der Waals surface area (Å²) < 4.78 is 22.0. The number of carbonyl (C=O) groups is 2. The minimum absolute atomic E-state index is 0.0928. The van der Waals surface area contributed by atoms with Gasteiger partial charge in [-0.2, -0.15) is 5.10 Å². The van der Waals surface area contributed by atoms with E-state index in [1.54, 1.807) is 30.0 Å². The van der Waals surface area contributed by atoms with E-state index in [1.165, 1.54) is 22.7 Å². The average Bonchev–Trinajstić information content (AvgIpc) is 3.18. The van der Waals surface area contributed by atoms with Crippen molar-refractivity contribution >= 4 is 29.4 Å². The molecule has 1 unspecified atom stereocenters. The number of ether oxygens (including phenoxy) is 1. The maximum absolute atomic E-state index is 15.2. The molecular formula is C29H35FN4O3S. The van der Waals surface area contributed by atoms with Gasteiger partial charge in [0.1, 0.15) is 18.2 Å². The number of amides is 2. The second-order valence-electron chi connectivity index (χ2n) is 10.6. The number of fused-ring (bicyclic) bond motifs is 1. The van der Waals surface area contributed by atoms with Gasteiger partial charge in [-0.15, -0.1) is 11.8 Å². The molecule has 4 rings (SSSR count). The van der Waals surface area contributed by atoms with E-state index in [9.17, 15) is 9.59 Å². The number of nitrogens with zero attached hydrogens (tertiary/aromatic N) is 3. The van der Waals surface area contributed by atoms with E-state index in [2.05, 4.69) is 32.2 Å². The molecule has 0 radical (unpaired) electrons. The van der Waals surface area contributed by atoms with Gasteiger partial charge in [0.25, 0.3) is 0 Å². The third-order valence-corrected chi connectivity index (χ3v) is 7.73. The lowest BCUT2D eigenvalue weighted by Crippen LogP contribution is -2.43. The van der Waals surface area contributed by atoms with Crippen LogP contribution in [0.1, 0.15) is 54.0 Å². The molecule has 1 atom stereocenters. The molecule has 0 spiro atoms. The van der Waals surface area contributed by atoms with E-state index in [0.29, 0.717) is 24.5 Å². The Balaban J connectivity index is 2.00. The number of hydrogen-bond acceptors (Lipinski definition) is 5. The fraction of sp³-hybridized carbons (Fsp3) is 0.414. The first-order valence-corrected chi connectivity index (χ1v) is 13.7. The van der Waals surface area contributed by atoms with Gasteiger partial charge in [-0.1, -0.05) is 56.7 Å². The Morgan fingerprint density at radius 3 is 2.61 bits per heavy atom. The van der Waals surface area contributed by atoms with Gasteiger partial charge in [-0.25, -0.2) is 9.07 Å². The summed E-state index contributed by atoms with van der Waals surface area (Å²) in [5, 5.41) is 7.41. The van der Waals surface area contributed by atoms with Gasteiger partial charge in [-0.05, 0) is 31.5 Å². The fourth-order valence-corrected chi connectivity index (χ4v) is 5.93. The van der Waals surface area contributed by atoms with E-state index in [0.717, 1.165) is 28.1 Å². The molecule has 202 valence electrons. The maximum atomic E-state index is 15.2. The highest BCUT2D eigenvalue weighted by Crippen LogP contribution is 2.49. The van der Waals surface area contributed by atoms with Gasteiger partial charge in [0.15, 0.2) is 0 Å². The zero-order valence-electron chi connectivity index (χ0n) is 22.8. The standard InChI is InChI=1S/C29H35FN4O3S/c1-18-11-12-22(19(2)15-18)34-28-25(27(32-34)29(3,4)5)26(20-9-7-8-10-21(20)30)38-17-24(36)33(28)16-23(35)31-13-14-37-6/h7-12,15,26H,13-14,16-17H2,1-6H3,(H,31,35). The monoisotopic (exact) mass is 538 g/mol. The number of rotatable bonds is 7. The lowest BCUT2D eigenvalue weighted by atomic mass is 9.87. The second-order valence-corrected chi connectivity index (χ2v) is 11.7. The Labute approximate surface area is 227 Å². The van der Waals surface area contributed by atoms with Crippen LogP contribution < -0.4 is 10.2 Å². The van der Waals surface area contributed by atoms with E-state index in [4.69, 9.17) is 9.84 Å². The van der Waals surface area contributed by atoms with E-state index in [1.807, 2.05) is 26.0 Å². The number of anilines is 1. The van der Waals surface area contributed by atoms with E-state index in [-0.39, 0.29) is 29.9 Å². The van der Waals surface area contributed by atoms with Crippen LogP contribution in [0.2, 0.25) is 0 Å². The van der Waals surface area contributed by atoms with Crippen LogP contribution in [-0.4, -0.2) is 54.2 Å². The molecule has 0 fully saturated rings. The van der Waals surface area contributed by atoms with Crippen LogP contribution in [0.3, 0.4) is 0 Å². The summed E-state index contributed by atoms with van der Waals surface area (Å²) in [6.45, 7) is 10.7. The molecule has 0 saturated carbocycles. The number of methoxy groups -OCH3 is 1. The normalized spacial score (nSPS) is 15.8. The van der Waals surface area contributed by atoms with Crippen molar-refractivity contribution in [2.24, 2.45) is 0 Å². The number of thioether (sulfide) groups is 1. The Bertz CT molecular complexity index is 1350. The van der Waals surface area contributed by atoms with Gasteiger partial charge in [-0.3, -0.25) is 14.5 Å². The van der Waals surface area contributed by atoms with Crippen molar-refractivity contribution < 1.29 is 18.7 Å². The van der Waals surface area contributed by atoms with Crippen LogP contribution in [-0.2, 0) is 19.7 Å². The molecule has 2 aromatic carbocycles. The minimum atomic E-state index is -0.481. The van der Waals surface area contributed by atoms with Crippen LogP contribution in [0.15, 0.2) is 42.5 Å². The van der Waals surface area contributed by atoms with E-state index >= 15 is 4.39 Å². The molecule has 9 heteroatoms. The summed E-state index contributed by atoms with van der Waals surface area (Å²) >= 11 is 1.36. The summed E-state index contributed by atoms with van der Waals surface area (Å²) in [7, 11) is 1.56. The largest absolute Gasteiger partial charge is 0.383 e. The Hall–Kier alpha value is -3.17. The molecule has 1 aliphatic rings. The predicted molar refractivity (Wildman–Crippen MR) is 150 cm³/mol. The SMILES string of the molecule is COCCNC(=O)CN1C(=O)CSC(c2ccccc2F)c2c(C(C)(C)C)nn(-c3ccc(C)cc3C)c21. The fourth-order valence-electron chi connectivity index (χ4n) is 4.71. The van der Waals surface area contributed by atoms with Gasteiger partial charge >= 0.3 is 0 Å². The molecule has 0 bridgehead atoms. The number of benzene rings is 2. The molecule has 1 N–H and O–H groups in total. The molecule has 3 aromatic rings. The van der Waals surface area contributed by atoms with Gasteiger partial charge < -0.3 is 10.1 Å². The number of halogens is 1. The zero-order valence-corrected chi connectivity index (χ0v) is 23.6. The Morgan fingerprint density at radius 2 is 1.95 bits per heavy atom. The first-order chi connectivity index (χ1) is 18.0. The molecule has 1 aromatic heterocycles. The molecule has 2 amide bonds. The molecule has 0 aliphatic carbocycles. The molecule has 0 saturated heterocycles. The van der Waals surface area contributed by atoms with Crippen LogP contribution >= 0.6 is 11.8 Å². The van der Waals surface area contributed by atoms with Crippen molar-refractivity contribution in [3.05, 3.63) is 76.2 Å². The highest BCUT2D eigenvalue weighted by molar-refractivity contribution is 8.00. The van der Waals surface area contributed by atoms with Crippen LogP contribution in [0.5, 0.6) is 0 Å². The van der Waals surface area contributed by atoms with Gasteiger partial charge in [0, 0.05) is 30.2 Å². The van der Waals surface area contributed by atoms with Crippen molar-refractivity contribution in [3.63, 3.8) is 0 Å². The Kier molecular flexibility index (Phi) is 8.28. The van der Waals surface area contributed by atoms with Crippen LogP contribution in [0.25, 0.3) is 5.69 Å². The predicted octanol–water partition coefficient (Wildman–Crippen LogP) is 4.86. The number of aryl methyl sites for hydroxylation is 2.